The molecule has 0 bridgehead atoms. The molecule has 1 fully saturated rings. The van der Waals surface area contributed by atoms with E-state index in [-0.39, 0.29) is 18.4 Å². The summed E-state index contributed by atoms with van der Waals surface area (Å²) in [6.07, 6.45) is 0.367. The molecule has 2 unspecified atom stereocenters. The van der Waals surface area contributed by atoms with Gasteiger partial charge in [-0.15, -0.1) is 0 Å². The van der Waals surface area contributed by atoms with Gasteiger partial charge in [0.25, 0.3) is 0 Å². The van der Waals surface area contributed by atoms with Crippen LogP contribution in [0.1, 0.15) is 43.9 Å². The van der Waals surface area contributed by atoms with E-state index < -0.39 is 18.1 Å². The number of rotatable bonds is 9. The molecular weight excluding hydrogens is 426 g/mol. The smallest absolute Gasteiger partial charge is 0.329 e. The lowest BCUT2D eigenvalue weighted by molar-refractivity contribution is -0.156. The highest BCUT2D eigenvalue weighted by molar-refractivity contribution is 5.89. The molecule has 2 aromatic rings. The van der Waals surface area contributed by atoms with Crippen LogP contribution in [0.4, 0.5) is 0 Å². The molecule has 1 aliphatic rings. The van der Waals surface area contributed by atoms with Crippen molar-refractivity contribution in [3.8, 4) is 23.0 Å². The fraction of sp³-hybridized carbons (Fsp3) is 0.440. The van der Waals surface area contributed by atoms with Crippen LogP contribution < -0.4 is 18.9 Å². The third-order valence-corrected chi connectivity index (χ3v) is 5.59. The van der Waals surface area contributed by atoms with Gasteiger partial charge in [0, 0.05) is 6.42 Å². The predicted molar refractivity (Wildman–Crippen MR) is 122 cm³/mol. The van der Waals surface area contributed by atoms with Crippen molar-refractivity contribution >= 4 is 11.9 Å². The molecule has 33 heavy (non-hydrogen) atoms. The van der Waals surface area contributed by atoms with Crippen molar-refractivity contribution in [1.29, 1.82) is 0 Å². The summed E-state index contributed by atoms with van der Waals surface area (Å²) in [5, 5.41) is 0. The molecule has 3 rings (SSSR count). The summed E-state index contributed by atoms with van der Waals surface area (Å²) < 4.78 is 27.3. The van der Waals surface area contributed by atoms with Crippen LogP contribution in [0.15, 0.2) is 36.4 Å². The SMILES string of the molecule is COc1ccc(C(c2cc(OC)c(OC)c(OC)c2)N2C(=O)CCC2C(=O)OC(C)C)cc1. The van der Waals surface area contributed by atoms with Gasteiger partial charge in [0.1, 0.15) is 11.8 Å². The molecule has 178 valence electrons. The zero-order valence-electron chi connectivity index (χ0n) is 19.9. The first-order valence-corrected chi connectivity index (χ1v) is 10.8. The van der Waals surface area contributed by atoms with E-state index >= 15 is 0 Å². The Labute approximate surface area is 194 Å². The summed E-state index contributed by atoms with van der Waals surface area (Å²) in [6, 6.07) is 9.71. The van der Waals surface area contributed by atoms with Crippen molar-refractivity contribution in [1.82, 2.24) is 4.90 Å². The van der Waals surface area contributed by atoms with E-state index in [1.165, 1.54) is 21.3 Å². The highest BCUT2D eigenvalue weighted by atomic mass is 16.5. The van der Waals surface area contributed by atoms with Crippen LogP contribution >= 0.6 is 0 Å². The maximum absolute atomic E-state index is 13.1. The fourth-order valence-electron chi connectivity index (χ4n) is 4.13. The predicted octanol–water partition coefficient (Wildman–Crippen LogP) is 3.75. The Bertz CT molecular complexity index is 962. The lowest BCUT2D eigenvalue weighted by atomic mass is 9.95. The summed E-state index contributed by atoms with van der Waals surface area (Å²) in [6.45, 7) is 3.58. The summed E-state index contributed by atoms with van der Waals surface area (Å²) in [5.74, 6) is 1.50. The Morgan fingerprint density at radius 2 is 1.52 bits per heavy atom. The monoisotopic (exact) mass is 457 g/mol. The van der Waals surface area contributed by atoms with Gasteiger partial charge in [0.15, 0.2) is 11.5 Å². The number of likely N-dealkylation sites (tertiary alicyclic amines) is 1. The summed E-state index contributed by atoms with van der Waals surface area (Å²) in [5.41, 5.74) is 1.52. The standard InChI is InChI=1S/C25H31NO7/c1-15(2)33-25(28)19-11-12-22(27)26(19)23(16-7-9-18(29-3)10-8-16)17-13-20(30-4)24(32-6)21(14-17)31-5/h7-10,13-15,19,23H,11-12H2,1-6H3. The van der Waals surface area contributed by atoms with Gasteiger partial charge in [0.05, 0.1) is 40.6 Å². The summed E-state index contributed by atoms with van der Waals surface area (Å²) in [7, 11) is 6.19. The van der Waals surface area contributed by atoms with Gasteiger partial charge in [-0.2, -0.15) is 0 Å². The van der Waals surface area contributed by atoms with Crippen LogP contribution in [-0.2, 0) is 14.3 Å². The molecule has 1 saturated heterocycles. The van der Waals surface area contributed by atoms with Crippen LogP contribution in [0, 0.1) is 0 Å². The molecule has 0 aromatic heterocycles. The average molecular weight is 458 g/mol. The van der Waals surface area contributed by atoms with E-state index in [2.05, 4.69) is 0 Å². The Hall–Kier alpha value is -3.42. The highest BCUT2D eigenvalue weighted by Gasteiger charge is 2.43. The number of benzene rings is 2. The molecule has 1 aliphatic heterocycles. The normalized spacial score (nSPS) is 16.5. The molecular formula is C25H31NO7. The maximum Gasteiger partial charge on any atom is 0.329 e. The van der Waals surface area contributed by atoms with Crippen molar-refractivity contribution in [2.24, 2.45) is 0 Å². The van der Waals surface area contributed by atoms with E-state index in [0.29, 0.717) is 35.0 Å². The number of esters is 1. The zero-order chi connectivity index (χ0) is 24.1. The number of hydrogen-bond donors (Lipinski definition) is 0. The van der Waals surface area contributed by atoms with Crippen LogP contribution in [0.5, 0.6) is 23.0 Å². The largest absolute Gasteiger partial charge is 0.497 e. The van der Waals surface area contributed by atoms with Gasteiger partial charge in [-0.3, -0.25) is 4.79 Å². The topological polar surface area (TPSA) is 83.5 Å². The van der Waals surface area contributed by atoms with Gasteiger partial charge < -0.3 is 28.6 Å². The van der Waals surface area contributed by atoms with Crippen LogP contribution in [0.2, 0.25) is 0 Å². The Balaban J connectivity index is 2.18. The van der Waals surface area contributed by atoms with Crippen molar-refractivity contribution in [3.05, 3.63) is 47.5 Å². The second-order valence-corrected chi connectivity index (χ2v) is 7.98. The number of hydrogen-bond acceptors (Lipinski definition) is 7. The Morgan fingerprint density at radius 3 is 2.00 bits per heavy atom. The Kier molecular flexibility index (Phi) is 7.68. The van der Waals surface area contributed by atoms with Gasteiger partial charge in [0.2, 0.25) is 11.7 Å². The lowest BCUT2D eigenvalue weighted by Crippen LogP contribution is -2.43. The first-order valence-electron chi connectivity index (χ1n) is 10.8. The van der Waals surface area contributed by atoms with Gasteiger partial charge >= 0.3 is 5.97 Å². The first-order chi connectivity index (χ1) is 15.8. The molecule has 0 spiro atoms. The van der Waals surface area contributed by atoms with E-state index in [0.717, 1.165) is 5.56 Å². The number of amides is 1. The summed E-state index contributed by atoms with van der Waals surface area (Å²) >= 11 is 0. The molecule has 2 aromatic carbocycles. The van der Waals surface area contributed by atoms with Crippen LogP contribution in [0.3, 0.4) is 0 Å². The molecule has 1 heterocycles. The quantitative estimate of drug-likeness (QED) is 0.530. The van der Waals surface area contributed by atoms with Gasteiger partial charge in [-0.1, -0.05) is 12.1 Å². The number of methoxy groups -OCH3 is 4. The molecule has 1 amide bonds. The minimum atomic E-state index is -0.703. The molecule has 0 N–H and O–H groups in total. The molecule has 8 heteroatoms. The molecule has 2 atom stereocenters. The average Bonchev–Trinajstić information content (AvgIpc) is 3.19. The zero-order valence-corrected chi connectivity index (χ0v) is 19.9. The van der Waals surface area contributed by atoms with E-state index in [4.69, 9.17) is 23.7 Å². The molecule has 0 aliphatic carbocycles. The maximum atomic E-state index is 13.1. The number of nitrogens with zero attached hydrogens (tertiary/aromatic N) is 1. The third-order valence-electron chi connectivity index (χ3n) is 5.59. The second kappa shape index (κ2) is 10.5. The number of carbonyl (C=O) groups excluding carboxylic acids is 2. The van der Waals surface area contributed by atoms with Gasteiger partial charge in [-0.25, -0.2) is 4.79 Å². The molecule has 0 saturated carbocycles. The Morgan fingerprint density at radius 1 is 0.909 bits per heavy atom. The van der Waals surface area contributed by atoms with Crippen molar-refractivity contribution in [3.63, 3.8) is 0 Å². The van der Waals surface area contributed by atoms with E-state index in [1.807, 2.05) is 24.3 Å². The van der Waals surface area contributed by atoms with E-state index in [1.54, 1.807) is 38.0 Å². The molecule has 8 nitrogen and oxygen atoms in total. The van der Waals surface area contributed by atoms with Crippen LogP contribution in [0.25, 0.3) is 0 Å². The fourth-order valence-corrected chi connectivity index (χ4v) is 4.13. The van der Waals surface area contributed by atoms with Crippen molar-refractivity contribution in [2.75, 3.05) is 28.4 Å². The van der Waals surface area contributed by atoms with Gasteiger partial charge in [-0.05, 0) is 55.7 Å². The van der Waals surface area contributed by atoms with Crippen LogP contribution in [-0.4, -0.2) is 57.4 Å². The molecule has 0 radical (unpaired) electrons. The minimum absolute atomic E-state index is 0.129. The van der Waals surface area contributed by atoms with Crippen molar-refractivity contribution in [2.45, 2.75) is 44.9 Å². The lowest BCUT2D eigenvalue weighted by Gasteiger charge is -2.34. The second-order valence-electron chi connectivity index (χ2n) is 7.98. The van der Waals surface area contributed by atoms with E-state index in [9.17, 15) is 9.59 Å². The van der Waals surface area contributed by atoms with Crippen molar-refractivity contribution < 1.29 is 33.3 Å². The third kappa shape index (κ3) is 4.99. The summed E-state index contributed by atoms with van der Waals surface area (Å²) in [4.78, 5) is 27.6. The first kappa shape index (κ1) is 24.2. The number of ether oxygens (including phenoxy) is 5. The highest BCUT2D eigenvalue weighted by Crippen LogP contribution is 2.44. The minimum Gasteiger partial charge on any atom is -0.497 e. The number of carbonyl (C=O) groups is 2.